The number of amides is 1. The van der Waals surface area contributed by atoms with Crippen LogP contribution in [0, 0.1) is 15.5 Å². The van der Waals surface area contributed by atoms with E-state index in [1.807, 2.05) is 0 Å². The number of rotatable bonds is 6. The van der Waals surface area contributed by atoms with Gasteiger partial charge in [0.1, 0.15) is 6.33 Å². The molecule has 110 valence electrons. The summed E-state index contributed by atoms with van der Waals surface area (Å²) in [6.45, 7) is 3.57. The maximum Gasteiger partial charge on any atom is 0.354 e. The number of nitro groups is 1. The van der Waals surface area contributed by atoms with Crippen molar-refractivity contribution >= 4 is 23.2 Å². The van der Waals surface area contributed by atoms with Crippen molar-refractivity contribution in [3.05, 3.63) is 16.4 Å². The molecule has 0 unspecified atom stereocenters. The standard InChI is InChI=1S/C10H17N7O3/c1-10(2,9(18)12-3)4-13-7-6(17(19)20)8(16-11)15-5-14-7/h5H,4,11H2,1-3H3,(H,12,18)(H2,13,14,15,16). The van der Waals surface area contributed by atoms with Crippen molar-refractivity contribution in [1.82, 2.24) is 15.3 Å². The van der Waals surface area contributed by atoms with Crippen LogP contribution in [-0.2, 0) is 4.79 Å². The highest BCUT2D eigenvalue weighted by molar-refractivity contribution is 5.82. The van der Waals surface area contributed by atoms with Gasteiger partial charge in [0.2, 0.25) is 17.5 Å². The van der Waals surface area contributed by atoms with Crippen molar-refractivity contribution in [2.75, 3.05) is 24.3 Å². The first kappa shape index (κ1) is 15.6. The lowest BCUT2D eigenvalue weighted by Gasteiger charge is -2.23. The summed E-state index contributed by atoms with van der Waals surface area (Å²) < 4.78 is 0. The summed E-state index contributed by atoms with van der Waals surface area (Å²) in [6, 6.07) is 0. The van der Waals surface area contributed by atoms with Gasteiger partial charge in [0, 0.05) is 13.6 Å². The molecule has 1 heterocycles. The van der Waals surface area contributed by atoms with Crippen molar-refractivity contribution in [3.63, 3.8) is 0 Å². The van der Waals surface area contributed by atoms with Crippen LogP contribution in [0.1, 0.15) is 13.8 Å². The van der Waals surface area contributed by atoms with E-state index in [9.17, 15) is 14.9 Å². The van der Waals surface area contributed by atoms with E-state index < -0.39 is 10.3 Å². The van der Waals surface area contributed by atoms with E-state index >= 15 is 0 Å². The van der Waals surface area contributed by atoms with E-state index in [1.54, 1.807) is 13.8 Å². The third-order valence-corrected chi connectivity index (χ3v) is 2.68. The molecule has 0 aliphatic heterocycles. The van der Waals surface area contributed by atoms with Gasteiger partial charge in [-0.2, -0.15) is 0 Å². The van der Waals surface area contributed by atoms with E-state index in [2.05, 4.69) is 26.0 Å². The number of nitrogens with zero attached hydrogens (tertiary/aromatic N) is 3. The molecule has 0 aliphatic carbocycles. The van der Waals surface area contributed by atoms with Gasteiger partial charge in [0.25, 0.3) is 0 Å². The number of hydrogen-bond acceptors (Lipinski definition) is 8. The predicted molar refractivity (Wildman–Crippen MR) is 72.8 cm³/mol. The van der Waals surface area contributed by atoms with Gasteiger partial charge in [-0.1, -0.05) is 0 Å². The van der Waals surface area contributed by atoms with Crippen LogP contribution in [0.2, 0.25) is 0 Å². The number of nitrogen functional groups attached to an aromatic ring is 1. The Morgan fingerprint density at radius 1 is 1.45 bits per heavy atom. The van der Waals surface area contributed by atoms with Gasteiger partial charge in [0.05, 0.1) is 10.3 Å². The highest BCUT2D eigenvalue weighted by Gasteiger charge is 2.29. The second-order valence-corrected chi connectivity index (χ2v) is 4.64. The number of nitrogens with one attached hydrogen (secondary N) is 3. The quantitative estimate of drug-likeness (QED) is 0.320. The molecule has 0 saturated carbocycles. The Kier molecular flexibility index (Phi) is 4.75. The third-order valence-electron chi connectivity index (χ3n) is 2.68. The minimum Gasteiger partial charge on any atom is -0.363 e. The summed E-state index contributed by atoms with van der Waals surface area (Å²) in [6.07, 6.45) is 1.14. The number of carbonyl (C=O) groups is 1. The molecule has 0 atom stereocenters. The monoisotopic (exact) mass is 283 g/mol. The Morgan fingerprint density at radius 3 is 2.55 bits per heavy atom. The first-order valence-electron chi connectivity index (χ1n) is 5.75. The van der Waals surface area contributed by atoms with Gasteiger partial charge in [-0.15, -0.1) is 0 Å². The van der Waals surface area contributed by atoms with Crippen LogP contribution in [0.5, 0.6) is 0 Å². The van der Waals surface area contributed by atoms with Crippen LogP contribution in [0.3, 0.4) is 0 Å². The summed E-state index contributed by atoms with van der Waals surface area (Å²) in [5, 5.41) is 16.3. The van der Waals surface area contributed by atoms with Crippen LogP contribution in [0.4, 0.5) is 17.3 Å². The van der Waals surface area contributed by atoms with Gasteiger partial charge in [-0.3, -0.25) is 14.9 Å². The summed E-state index contributed by atoms with van der Waals surface area (Å²) in [4.78, 5) is 29.5. The lowest BCUT2D eigenvalue weighted by Crippen LogP contribution is -2.39. The fourth-order valence-electron chi connectivity index (χ4n) is 1.51. The molecule has 5 N–H and O–H groups in total. The smallest absolute Gasteiger partial charge is 0.354 e. The molecule has 20 heavy (non-hydrogen) atoms. The van der Waals surface area contributed by atoms with E-state index in [1.165, 1.54) is 7.05 Å². The van der Waals surface area contributed by atoms with Crippen LogP contribution in [-0.4, -0.2) is 34.4 Å². The van der Waals surface area contributed by atoms with Crippen LogP contribution < -0.4 is 21.9 Å². The van der Waals surface area contributed by atoms with Crippen molar-refractivity contribution in [3.8, 4) is 0 Å². The molecule has 0 aromatic carbocycles. The molecule has 1 amide bonds. The van der Waals surface area contributed by atoms with E-state index in [0.717, 1.165) is 6.33 Å². The number of hydrazine groups is 1. The summed E-state index contributed by atoms with van der Waals surface area (Å²) >= 11 is 0. The first-order valence-corrected chi connectivity index (χ1v) is 5.75. The second-order valence-electron chi connectivity index (χ2n) is 4.64. The summed E-state index contributed by atoms with van der Waals surface area (Å²) in [5.41, 5.74) is 1.00. The molecule has 0 aliphatic rings. The van der Waals surface area contributed by atoms with Crippen LogP contribution in [0.15, 0.2) is 6.33 Å². The van der Waals surface area contributed by atoms with E-state index in [0.29, 0.717) is 0 Å². The van der Waals surface area contributed by atoms with Crippen molar-refractivity contribution in [1.29, 1.82) is 0 Å². The number of nitrogens with two attached hydrogens (primary N) is 1. The van der Waals surface area contributed by atoms with E-state index in [4.69, 9.17) is 5.84 Å². The Hall–Kier alpha value is -2.49. The van der Waals surface area contributed by atoms with Crippen LogP contribution in [0.25, 0.3) is 0 Å². The summed E-state index contributed by atoms with van der Waals surface area (Å²) in [7, 11) is 1.52. The van der Waals surface area contributed by atoms with E-state index in [-0.39, 0.29) is 29.8 Å². The molecule has 0 radical (unpaired) electrons. The molecule has 10 nitrogen and oxygen atoms in total. The normalized spacial score (nSPS) is 10.8. The van der Waals surface area contributed by atoms with Crippen molar-refractivity contribution in [2.24, 2.45) is 11.3 Å². The largest absolute Gasteiger partial charge is 0.363 e. The number of carbonyl (C=O) groups excluding carboxylic acids is 1. The van der Waals surface area contributed by atoms with Crippen molar-refractivity contribution < 1.29 is 9.72 Å². The molecule has 0 saturated heterocycles. The topological polar surface area (TPSA) is 148 Å². The molecular weight excluding hydrogens is 266 g/mol. The van der Waals surface area contributed by atoms with Gasteiger partial charge in [-0.25, -0.2) is 15.8 Å². The lowest BCUT2D eigenvalue weighted by molar-refractivity contribution is -0.383. The molecular formula is C10H17N7O3. The average molecular weight is 283 g/mol. The Balaban J connectivity index is 2.99. The van der Waals surface area contributed by atoms with Crippen LogP contribution >= 0.6 is 0 Å². The SMILES string of the molecule is CNC(=O)C(C)(C)CNc1ncnc(NN)c1[N+](=O)[O-]. The number of aromatic nitrogens is 2. The molecule has 1 aromatic rings. The van der Waals surface area contributed by atoms with Gasteiger partial charge >= 0.3 is 5.69 Å². The maximum atomic E-state index is 11.6. The molecule has 0 spiro atoms. The molecule has 0 bridgehead atoms. The predicted octanol–water partition coefficient (Wildman–Crippen LogP) is -0.145. The molecule has 1 aromatic heterocycles. The Bertz CT molecular complexity index is 518. The molecule has 10 heteroatoms. The minimum absolute atomic E-state index is 0.00470. The highest BCUT2D eigenvalue weighted by atomic mass is 16.6. The summed E-state index contributed by atoms with van der Waals surface area (Å²) in [5.74, 6) is 4.87. The highest BCUT2D eigenvalue weighted by Crippen LogP contribution is 2.29. The molecule has 1 rings (SSSR count). The zero-order chi connectivity index (χ0) is 15.3. The third kappa shape index (κ3) is 3.29. The average Bonchev–Trinajstić information content (AvgIpc) is 2.43. The first-order chi connectivity index (χ1) is 9.33. The second kappa shape index (κ2) is 6.10. The zero-order valence-electron chi connectivity index (χ0n) is 11.4. The van der Waals surface area contributed by atoms with Gasteiger partial charge in [0.15, 0.2) is 0 Å². The fraction of sp³-hybridized carbons (Fsp3) is 0.500. The zero-order valence-corrected chi connectivity index (χ0v) is 11.4. The van der Waals surface area contributed by atoms with Crippen molar-refractivity contribution in [2.45, 2.75) is 13.8 Å². The maximum absolute atomic E-state index is 11.6. The fourth-order valence-corrected chi connectivity index (χ4v) is 1.51. The Labute approximate surface area is 115 Å². The number of hydrogen-bond donors (Lipinski definition) is 4. The van der Waals surface area contributed by atoms with Gasteiger partial charge < -0.3 is 16.1 Å². The lowest BCUT2D eigenvalue weighted by atomic mass is 9.92. The van der Waals surface area contributed by atoms with Gasteiger partial charge in [-0.05, 0) is 13.8 Å². The Morgan fingerprint density at radius 2 is 2.05 bits per heavy atom. The molecule has 0 fully saturated rings. The number of anilines is 2. The minimum atomic E-state index is -0.760.